The largest absolute Gasteiger partial charge is 0.398 e. The molecule has 3 N–H and O–H groups in total. The second kappa shape index (κ2) is 4.65. The smallest absolute Gasteiger partial charge is 0.258 e. The fourth-order valence-electron chi connectivity index (χ4n) is 1.50. The van der Waals surface area contributed by atoms with Crippen LogP contribution in [0.5, 0.6) is 0 Å². The highest BCUT2D eigenvalue weighted by Crippen LogP contribution is 2.14. The van der Waals surface area contributed by atoms with Gasteiger partial charge in [0.05, 0.1) is 5.56 Å². The van der Waals surface area contributed by atoms with Crippen LogP contribution in [0.2, 0.25) is 0 Å². The molecular weight excluding hydrogens is 214 g/mol. The Morgan fingerprint density at radius 2 is 2.00 bits per heavy atom. The molecule has 2 aromatic rings. The average molecular weight is 227 g/mol. The van der Waals surface area contributed by atoms with Crippen LogP contribution >= 0.6 is 0 Å². The van der Waals surface area contributed by atoms with Crippen LogP contribution in [-0.2, 0) is 0 Å². The fourth-order valence-corrected chi connectivity index (χ4v) is 1.50. The zero-order valence-corrected chi connectivity index (χ0v) is 9.47. The van der Waals surface area contributed by atoms with Crippen molar-refractivity contribution in [3.05, 3.63) is 53.7 Å². The van der Waals surface area contributed by atoms with Gasteiger partial charge in [-0.05, 0) is 30.7 Å². The molecule has 0 radical (unpaired) electrons. The van der Waals surface area contributed by atoms with Crippen molar-refractivity contribution in [1.29, 1.82) is 0 Å². The van der Waals surface area contributed by atoms with Crippen LogP contribution in [0.15, 0.2) is 42.6 Å². The Bertz CT molecular complexity index is 552. The maximum absolute atomic E-state index is 12.0. The highest BCUT2D eigenvalue weighted by Gasteiger charge is 2.10. The highest BCUT2D eigenvalue weighted by atomic mass is 16.1. The van der Waals surface area contributed by atoms with E-state index in [2.05, 4.69) is 10.3 Å². The molecular formula is C13H13N3O. The summed E-state index contributed by atoms with van der Waals surface area (Å²) < 4.78 is 0. The van der Waals surface area contributed by atoms with Crippen LogP contribution in [0.4, 0.5) is 11.5 Å². The van der Waals surface area contributed by atoms with Gasteiger partial charge in [-0.1, -0.05) is 18.2 Å². The first-order chi connectivity index (χ1) is 8.18. The number of nitrogens with one attached hydrogen (secondary N) is 1. The molecule has 2 rings (SSSR count). The molecule has 0 unspecified atom stereocenters. The molecule has 0 fully saturated rings. The number of hydrogen-bond acceptors (Lipinski definition) is 3. The molecule has 0 aliphatic carbocycles. The molecule has 1 heterocycles. The lowest BCUT2D eigenvalue weighted by Gasteiger charge is -2.08. The molecule has 0 spiro atoms. The third kappa shape index (κ3) is 2.42. The summed E-state index contributed by atoms with van der Waals surface area (Å²) in [5, 5.41) is 2.74. The topological polar surface area (TPSA) is 68.0 Å². The van der Waals surface area contributed by atoms with Crippen molar-refractivity contribution in [2.75, 3.05) is 11.1 Å². The Morgan fingerprint density at radius 1 is 1.24 bits per heavy atom. The Labute approximate surface area is 99.5 Å². The lowest BCUT2D eigenvalue weighted by molar-refractivity contribution is 0.102. The molecule has 86 valence electrons. The number of anilines is 2. The normalized spacial score (nSPS) is 9.94. The maximum atomic E-state index is 12.0. The molecule has 0 aliphatic heterocycles. The lowest BCUT2D eigenvalue weighted by Crippen LogP contribution is -2.15. The quantitative estimate of drug-likeness (QED) is 0.773. The van der Waals surface area contributed by atoms with Gasteiger partial charge >= 0.3 is 0 Å². The van der Waals surface area contributed by atoms with E-state index in [0.717, 1.165) is 5.56 Å². The summed E-state index contributed by atoms with van der Waals surface area (Å²) in [5.41, 5.74) is 7.56. The molecule has 0 bridgehead atoms. The number of rotatable bonds is 2. The first kappa shape index (κ1) is 11.1. The molecule has 0 saturated carbocycles. The highest BCUT2D eigenvalue weighted by molar-refractivity contribution is 6.07. The van der Waals surface area contributed by atoms with Gasteiger partial charge in [0.1, 0.15) is 5.82 Å². The molecule has 4 heteroatoms. The predicted octanol–water partition coefficient (Wildman–Crippen LogP) is 2.22. The summed E-state index contributed by atoms with van der Waals surface area (Å²) in [6.45, 7) is 1.89. The number of pyridine rings is 1. The van der Waals surface area contributed by atoms with Gasteiger partial charge < -0.3 is 11.1 Å². The van der Waals surface area contributed by atoms with Crippen LogP contribution in [0.1, 0.15) is 15.9 Å². The van der Waals surface area contributed by atoms with E-state index in [1.165, 1.54) is 0 Å². The molecule has 0 aliphatic rings. The Morgan fingerprint density at radius 3 is 2.71 bits per heavy atom. The van der Waals surface area contributed by atoms with E-state index in [-0.39, 0.29) is 5.91 Å². The number of nitrogen functional groups attached to an aromatic ring is 1. The van der Waals surface area contributed by atoms with Gasteiger partial charge in [-0.25, -0.2) is 4.98 Å². The van der Waals surface area contributed by atoms with Gasteiger partial charge in [0.25, 0.3) is 5.91 Å². The van der Waals surface area contributed by atoms with Gasteiger partial charge in [0.2, 0.25) is 0 Å². The molecule has 1 aromatic carbocycles. The van der Waals surface area contributed by atoms with Crippen LogP contribution in [0.25, 0.3) is 0 Å². The van der Waals surface area contributed by atoms with E-state index < -0.39 is 0 Å². The SMILES string of the molecule is Cc1cccnc1NC(=O)c1ccccc1N. The standard InChI is InChI=1S/C13H13N3O/c1-9-5-4-8-15-12(9)16-13(17)10-6-2-3-7-11(10)14/h2-8H,14H2,1H3,(H,15,16,17). The Hall–Kier alpha value is -2.36. The van der Waals surface area contributed by atoms with E-state index in [9.17, 15) is 4.79 Å². The Balaban J connectivity index is 2.24. The van der Waals surface area contributed by atoms with Crippen molar-refractivity contribution in [1.82, 2.24) is 4.98 Å². The number of amides is 1. The summed E-state index contributed by atoms with van der Waals surface area (Å²) >= 11 is 0. The molecule has 0 saturated heterocycles. The van der Waals surface area contributed by atoms with Crippen LogP contribution in [0.3, 0.4) is 0 Å². The number of hydrogen-bond donors (Lipinski definition) is 2. The Kier molecular flexibility index (Phi) is 3.05. The van der Waals surface area contributed by atoms with Crippen LogP contribution in [-0.4, -0.2) is 10.9 Å². The number of carbonyl (C=O) groups excluding carboxylic acids is 1. The van der Waals surface area contributed by atoms with E-state index in [1.54, 1.807) is 30.5 Å². The molecule has 1 aromatic heterocycles. The number of carbonyl (C=O) groups is 1. The minimum absolute atomic E-state index is 0.245. The minimum atomic E-state index is -0.245. The van der Waals surface area contributed by atoms with E-state index >= 15 is 0 Å². The van der Waals surface area contributed by atoms with Gasteiger partial charge in [-0.3, -0.25) is 4.79 Å². The summed E-state index contributed by atoms with van der Waals surface area (Å²) in [4.78, 5) is 16.1. The van der Waals surface area contributed by atoms with Crippen molar-refractivity contribution >= 4 is 17.4 Å². The van der Waals surface area contributed by atoms with Crippen molar-refractivity contribution in [3.8, 4) is 0 Å². The molecule has 4 nitrogen and oxygen atoms in total. The van der Waals surface area contributed by atoms with Crippen LogP contribution in [0, 0.1) is 6.92 Å². The summed E-state index contributed by atoms with van der Waals surface area (Å²) in [6, 6.07) is 10.6. The van der Waals surface area contributed by atoms with Crippen molar-refractivity contribution in [2.24, 2.45) is 0 Å². The predicted molar refractivity (Wildman–Crippen MR) is 67.8 cm³/mol. The summed E-state index contributed by atoms with van der Waals surface area (Å²) in [5.74, 6) is 0.311. The minimum Gasteiger partial charge on any atom is -0.398 e. The monoisotopic (exact) mass is 227 g/mol. The van der Waals surface area contributed by atoms with E-state index in [1.807, 2.05) is 19.1 Å². The number of aromatic nitrogens is 1. The third-order valence-electron chi connectivity index (χ3n) is 2.45. The first-order valence-corrected chi connectivity index (χ1v) is 5.26. The zero-order valence-electron chi connectivity index (χ0n) is 9.47. The molecule has 17 heavy (non-hydrogen) atoms. The van der Waals surface area contributed by atoms with Crippen molar-refractivity contribution in [2.45, 2.75) is 6.92 Å². The maximum Gasteiger partial charge on any atom is 0.258 e. The lowest BCUT2D eigenvalue weighted by atomic mass is 10.1. The van der Waals surface area contributed by atoms with Gasteiger partial charge in [-0.15, -0.1) is 0 Å². The third-order valence-corrected chi connectivity index (χ3v) is 2.45. The van der Waals surface area contributed by atoms with Crippen LogP contribution < -0.4 is 11.1 Å². The van der Waals surface area contributed by atoms with Crippen molar-refractivity contribution in [3.63, 3.8) is 0 Å². The number of nitrogens with zero attached hydrogens (tertiary/aromatic N) is 1. The summed E-state index contributed by atoms with van der Waals surface area (Å²) in [6.07, 6.45) is 1.64. The zero-order chi connectivity index (χ0) is 12.3. The molecule has 0 atom stereocenters. The number of benzene rings is 1. The fraction of sp³-hybridized carbons (Fsp3) is 0.0769. The number of nitrogens with two attached hydrogens (primary N) is 1. The average Bonchev–Trinajstić information content (AvgIpc) is 2.32. The second-order valence-electron chi connectivity index (χ2n) is 3.71. The van der Waals surface area contributed by atoms with Gasteiger partial charge in [-0.2, -0.15) is 0 Å². The van der Waals surface area contributed by atoms with E-state index in [0.29, 0.717) is 17.1 Å². The van der Waals surface area contributed by atoms with Crippen molar-refractivity contribution < 1.29 is 4.79 Å². The molecule has 1 amide bonds. The number of para-hydroxylation sites is 1. The second-order valence-corrected chi connectivity index (χ2v) is 3.71. The number of aryl methyl sites for hydroxylation is 1. The van der Waals surface area contributed by atoms with Gasteiger partial charge in [0.15, 0.2) is 0 Å². The first-order valence-electron chi connectivity index (χ1n) is 5.26. The van der Waals surface area contributed by atoms with Gasteiger partial charge in [0, 0.05) is 11.9 Å². The summed E-state index contributed by atoms with van der Waals surface area (Å²) in [7, 11) is 0. The van der Waals surface area contributed by atoms with E-state index in [4.69, 9.17) is 5.73 Å².